The summed E-state index contributed by atoms with van der Waals surface area (Å²) in [5, 5.41) is 2.71. The van der Waals surface area contributed by atoms with Gasteiger partial charge in [0.05, 0.1) is 18.0 Å². The highest BCUT2D eigenvalue weighted by Gasteiger charge is 2.31. The summed E-state index contributed by atoms with van der Waals surface area (Å²) in [4.78, 5) is 38.2. The number of hydrogen-bond donors (Lipinski definition) is 1. The van der Waals surface area contributed by atoms with Gasteiger partial charge in [-0.05, 0) is 38.1 Å². The Labute approximate surface area is 168 Å². The maximum Gasteiger partial charge on any atom is 0.331 e. The number of rotatable bonds is 6. The van der Waals surface area contributed by atoms with Gasteiger partial charge in [-0.2, -0.15) is 0 Å². The van der Waals surface area contributed by atoms with Gasteiger partial charge < -0.3 is 14.8 Å². The number of amides is 2. The molecule has 1 aliphatic heterocycles. The molecule has 1 heterocycles. The highest BCUT2D eigenvalue weighted by atomic mass is 16.5. The Morgan fingerprint density at radius 2 is 1.90 bits per heavy atom. The van der Waals surface area contributed by atoms with E-state index in [1.807, 2.05) is 25.1 Å². The van der Waals surface area contributed by atoms with Gasteiger partial charge in [0.2, 0.25) is 5.91 Å². The molecular formula is C22H22N2O5. The number of nitrogens with zero attached hydrogens (tertiary/aromatic N) is 1. The smallest absolute Gasteiger partial charge is 0.331 e. The molecule has 150 valence electrons. The lowest BCUT2D eigenvalue weighted by atomic mass is 10.1. The van der Waals surface area contributed by atoms with E-state index in [1.54, 1.807) is 36.4 Å². The number of esters is 1. The third-order valence-electron chi connectivity index (χ3n) is 4.30. The average Bonchev–Trinajstić information content (AvgIpc) is 2.72. The number of nitrogens with one attached hydrogen (secondary N) is 1. The molecule has 2 aromatic rings. The lowest BCUT2D eigenvalue weighted by Crippen LogP contribution is -2.46. The maximum atomic E-state index is 12.8. The number of ether oxygens (including phenoxy) is 2. The minimum Gasteiger partial charge on any atom is -0.493 e. The van der Waals surface area contributed by atoms with Gasteiger partial charge in [-0.1, -0.05) is 30.3 Å². The standard InChI is InChI=1S/C22H22N2O5/c1-3-28-19-11-7-4-8-16(19)12-13-21(26)29-15(2)22(27)24-14-20(25)23-17-9-5-6-10-18(17)24/h4-13,15H,3,14H2,1-2H3,(H,23,25)/b13-12+/t15-/m0/s1. The molecule has 1 atom stereocenters. The molecule has 2 amide bonds. The number of para-hydroxylation sites is 3. The molecule has 0 radical (unpaired) electrons. The number of fused-ring (bicyclic) bond motifs is 1. The molecule has 29 heavy (non-hydrogen) atoms. The van der Waals surface area contributed by atoms with Crippen molar-refractivity contribution in [1.29, 1.82) is 0 Å². The Morgan fingerprint density at radius 1 is 1.17 bits per heavy atom. The Hall–Kier alpha value is -3.61. The molecule has 0 saturated heterocycles. The van der Waals surface area contributed by atoms with Gasteiger partial charge in [0, 0.05) is 11.6 Å². The lowest BCUT2D eigenvalue weighted by molar-refractivity contribution is -0.149. The average molecular weight is 394 g/mol. The zero-order chi connectivity index (χ0) is 20.8. The van der Waals surface area contributed by atoms with Crippen LogP contribution in [0.3, 0.4) is 0 Å². The summed E-state index contributed by atoms with van der Waals surface area (Å²) in [5.41, 5.74) is 1.84. The Balaban J connectivity index is 1.67. The van der Waals surface area contributed by atoms with Crippen LogP contribution in [-0.2, 0) is 19.1 Å². The number of carbonyl (C=O) groups is 3. The number of benzene rings is 2. The fraction of sp³-hybridized carbons (Fsp3) is 0.227. The van der Waals surface area contributed by atoms with Crippen LogP contribution in [0.25, 0.3) is 6.08 Å². The van der Waals surface area contributed by atoms with Crippen LogP contribution in [-0.4, -0.2) is 37.0 Å². The van der Waals surface area contributed by atoms with Gasteiger partial charge in [-0.15, -0.1) is 0 Å². The van der Waals surface area contributed by atoms with Crippen LogP contribution in [0.2, 0.25) is 0 Å². The first-order valence-corrected chi connectivity index (χ1v) is 9.30. The van der Waals surface area contributed by atoms with Gasteiger partial charge >= 0.3 is 5.97 Å². The summed E-state index contributed by atoms with van der Waals surface area (Å²) in [6.07, 6.45) is 1.78. The summed E-state index contributed by atoms with van der Waals surface area (Å²) in [7, 11) is 0. The van der Waals surface area contributed by atoms with Crippen molar-refractivity contribution < 1.29 is 23.9 Å². The molecule has 2 aromatic carbocycles. The molecule has 3 rings (SSSR count). The normalized spacial score (nSPS) is 14.1. The van der Waals surface area contributed by atoms with Crippen LogP contribution in [0, 0.1) is 0 Å². The Morgan fingerprint density at radius 3 is 2.69 bits per heavy atom. The SMILES string of the molecule is CCOc1ccccc1/C=C/C(=O)O[C@@H](C)C(=O)N1CC(=O)Nc2ccccc21. The molecule has 7 heteroatoms. The van der Waals surface area contributed by atoms with E-state index in [0.717, 1.165) is 5.56 Å². The van der Waals surface area contributed by atoms with Crippen molar-refractivity contribution in [2.45, 2.75) is 20.0 Å². The van der Waals surface area contributed by atoms with Crippen LogP contribution < -0.4 is 15.0 Å². The van der Waals surface area contributed by atoms with Crippen molar-refractivity contribution in [1.82, 2.24) is 0 Å². The molecule has 0 spiro atoms. The van der Waals surface area contributed by atoms with Crippen molar-refractivity contribution in [3.05, 3.63) is 60.2 Å². The second kappa shape index (κ2) is 9.05. The number of carbonyl (C=O) groups excluding carboxylic acids is 3. The fourth-order valence-electron chi connectivity index (χ4n) is 2.98. The molecule has 7 nitrogen and oxygen atoms in total. The van der Waals surface area contributed by atoms with E-state index in [1.165, 1.54) is 17.9 Å². The van der Waals surface area contributed by atoms with Crippen molar-refractivity contribution in [2.75, 3.05) is 23.4 Å². The predicted octanol–water partition coefficient (Wildman–Crippen LogP) is 3.02. The van der Waals surface area contributed by atoms with E-state index in [-0.39, 0.29) is 12.5 Å². The first kappa shape index (κ1) is 20.1. The molecule has 0 saturated carbocycles. The third kappa shape index (κ3) is 4.82. The van der Waals surface area contributed by atoms with Crippen LogP contribution in [0.5, 0.6) is 5.75 Å². The molecular weight excluding hydrogens is 372 g/mol. The first-order valence-electron chi connectivity index (χ1n) is 9.30. The van der Waals surface area contributed by atoms with E-state index in [0.29, 0.717) is 23.7 Å². The molecule has 0 unspecified atom stereocenters. The van der Waals surface area contributed by atoms with E-state index >= 15 is 0 Å². The van der Waals surface area contributed by atoms with Crippen molar-refractivity contribution in [3.8, 4) is 5.75 Å². The van der Waals surface area contributed by atoms with Crippen molar-refractivity contribution >= 4 is 35.2 Å². The molecule has 1 N–H and O–H groups in total. The van der Waals surface area contributed by atoms with E-state index in [4.69, 9.17) is 9.47 Å². The molecule has 1 aliphatic rings. The Bertz CT molecular complexity index is 954. The van der Waals surface area contributed by atoms with Gasteiger partial charge in [0.15, 0.2) is 6.10 Å². The fourth-order valence-corrected chi connectivity index (χ4v) is 2.98. The minimum absolute atomic E-state index is 0.130. The first-order chi connectivity index (χ1) is 14.0. The molecule has 0 aliphatic carbocycles. The minimum atomic E-state index is -1.05. The quantitative estimate of drug-likeness (QED) is 0.601. The molecule has 0 bridgehead atoms. The zero-order valence-electron chi connectivity index (χ0n) is 16.3. The lowest BCUT2D eigenvalue weighted by Gasteiger charge is -2.30. The highest BCUT2D eigenvalue weighted by Crippen LogP contribution is 2.29. The summed E-state index contributed by atoms with van der Waals surface area (Å²) >= 11 is 0. The number of anilines is 2. The maximum absolute atomic E-state index is 12.8. The largest absolute Gasteiger partial charge is 0.493 e. The van der Waals surface area contributed by atoms with E-state index < -0.39 is 18.0 Å². The third-order valence-corrected chi connectivity index (χ3v) is 4.30. The van der Waals surface area contributed by atoms with Crippen LogP contribution in [0.4, 0.5) is 11.4 Å². The van der Waals surface area contributed by atoms with Crippen LogP contribution >= 0.6 is 0 Å². The second-order valence-electron chi connectivity index (χ2n) is 6.37. The van der Waals surface area contributed by atoms with Gasteiger partial charge in [0.1, 0.15) is 12.3 Å². The topological polar surface area (TPSA) is 84.9 Å². The van der Waals surface area contributed by atoms with Crippen LogP contribution in [0.1, 0.15) is 19.4 Å². The van der Waals surface area contributed by atoms with Crippen LogP contribution in [0.15, 0.2) is 54.6 Å². The van der Waals surface area contributed by atoms with E-state index in [9.17, 15) is 14.4 Å². The summed E-state index contributed by atoms with van der Waals surface area (Å²) in [6, 6.07) is 14.3. The highest BCUT2D eigenvalue weighted by molar-refractivity contribution is 6.11. The summed E-state index contributed by atoms with van der Waals surface area (Å²) in [6.45, 7) is 3.74. The van der Waals surface area contributed by atoms with Gasteiger partial charge in [0.25, 0.3) is 5.91 Å². The summed E-state index contributed by atoms with van der Waals surface area (Å²) in [5.74, 6) is -0.780. The van der Waals surface area contributed by atoms with E-state index in [2.05, 4.69) is 5.32 Å². The van der Waals surface area contributed by atoms with Crippen molar-refractivity contribution in [3.63, 3.8) is 0 Å². The van der Waals surface area contributed by atoms with Gasteiger partial charge in [-0.25, -0.2) is 4.79 Å². The second-order valence-corrected chi connectivity index (χ2v) is 6.37. The Kier molecular flexibility index (Phi) is 6.29. The predicted molar refractivity (Wildman–Crippen MR) is 110 cm³/mol. The monoisotopic (exact) mass is 394 g/mol. The zero-order valence-corrected chi connectivity index (χ0v) is 16.3. The number of hydrogen-bond acceptors (Lipinski definition) is 5. The summed E-state index contributed by atoms with van der Waals surface area (Å²) < 4.78 is 10.8. The van der Waals surface area contributed by atoms with Gasteiger partial charge in [-0.3, -0.25) is 14.5 Å². The molecule has 0 fully saturated rings. The molecule has 0 aromatic heterocycles. The van der Waals surface area contributed by atoms with Crippen molar-refractivity contribution in [2.24, 2.45) is 0 Å².